The van der Waals surface area contributed by atoms with Crippen LogP contribution < -0.4 is 5.32 Å². The van der Waals surface area contributed by atoms with E-state index in [2.05, 4.69) is 21.2 Å². The number of non-ortho nitro benzene ring substituents is 1. The van der Waals surface area contributed by atoms with E-state index in [0.717, 1.165) is 6.42 Å². The summed E-state index contributed by atoms with van der Waals surface area (Å²) < 4.78 is 0. The Morgan fingerprint density at radius 1 is 1.59 bits per heavy atom. The molecule has 92 valence electrons. The van der Waals surface area contributed by atoms with E-state index in [1.807, 2.05) is 6.92 Å². The predicted octanol–water partition coefficient (Wildman–Crippen LogP) is 2.50. The molecule has 0 aliphatic carbocycles. The van der Waals surface area contributed by atoms with Gasteiger partial charge in [-0.05, 0) is 12.5 Å². The van der Waals surface area contributed by atoms with Crippen LogP contribution in [0.25, 0.3) is 0 Å². The second-order valence-electron chi connectivity index (χ2n) is 3.54. The number of hydrogen-bond donors (Lipinski definition) is 1. The third kappa shape index (κ3) is 3.81. The minimum absolute atomic E-state index is 0.0294. The molecule has 0 saturated carbocycles. The monoisotopic (exact) mass is 300 g/mol. The van der Waals surface area contributed by atoms with Crippen molar-refractivity contribution in [2.24, 2.45) is 0 Å². The Bertz CT molecular complexity index is 419. The first kappa shape index (κ1) is 13.6. The van der Waals surface area contributed by atoms with Crippen molar-refractivity contribution in [3.05, 3.63) is 39.9 Å². The SMILES string of the molecule is CCC(CBr)NC(=O)c1cccc([N+](=O)[O-])c1. The number of amides is 1. The molecule has 0 aliphatic heterocycles. The number of carbonyl (C=O) groups is 1. The highest BCUT2D eigenvalue weighted by molar-refractivity contribution is 9.09. The van der Waals surface area contributed by atoms with Gasteiger partial charge in [-0.1, -0.05) is 28.9 Å². The Kier molecular flexibility index (Phi) is 5.09. The van der Waals surface area contributed by atoms with Gasteiger partial charge in [-0.25, -0.2) is 0 Å². The van der Waals surface area contributed by atoms with Gasteiger partial charge in [-0.2, -0.15) is 0 Å². The molecule has 0 saturated heterocycles. The number of nitro benzene ring substituents is 1. The van der Waals surface area contributed by atoms with Gasteiger partial charge in [0.2, 0.25) is 0 Å². The van der Waals surface area contributed by atoms with Gasteiger partial charge in [-0.3, -0.25) is 14.9 Å². The van der Waals surface area contributed by atoms with Gasteiger partial charge in [0.15, 0.2) is 0 Å². The van der Waals surface area contributed by atoms with Crippen LogP contribution in [0.2, 0.25) is 0 Å². The van der Waals surface area contributed by atoms with E-state index in [-0.39, 0.29) is 17.6 Å². The number of hydrogen-bond acceptors (Lipinski definition) is 3. The fourth-order valence-corrected chi connectivity index (χ4v) is 1.90. The number of nitro groups is 1. The average molecular weight is 301 g/mol. The Morgan fingerprint density at radius 2 is 2.29 bits per heavy atom. The molecule has 1 unspecified atom stereocenters. The van der Waals surface area contributed by atoms with Crippen molar-refractivity contribution in [3.8, 4) is 0 Å². The Balaban J connectivity index is 2.82. The summed E-state index contributed by atoms with van der Waals surface area (Å²) in [6.45, 7) is 1.96. The highest BCUT2D eigenvalue weighted by atomic mass is 79.9. The van der Waals surface area contributed by atoms with E-state index in [9.17, 15) is 14.9 Å². The molecule has 0 aliphatic rings. The largest absolute Gasteiger partial charge is 0.348 e. The van der Waals surface area contributed by atoms with E-state index in [4.69, 9.17) is 0 Å². The van der Waals surface area contributed by atoms with Crippen LogP contribution in [0.3, 0.4) is 0 Å². The number of nitrogens with zero attached hydrogens (tertiary/aromatic N) is 1. The summed E-state index contributed by atoms with van der Waals surface area (Å²) in [6.07, 6.45) is 0.798. The van der Waals surface area contributed by atoms with Gasteiger partial charge in [0.1, 0.15) is 0 Å². The topological polar surface area (TPSA) is 72.2 Å². The van der Waals surface area contributed by atoms with Gasteiger partial charge >= 0.3 is 0 Å². The molecule has 1 atom stereocenters. The first-order chi connectivity index (χ1) is 8.08. The minimum atomic E-state index is -0.515. The zero-order valence-electron chi connectivity index (χ0n) is 9.35. The van der Waals surface area contributed by atoms with E-state index in [0.29, 0.717) is 10.9 Å². The number of rotatable bonds is 5. The van der Waals surface area contributed by atoms with Gasteiger partial charge in [0.25, 0.3) is 11.6 Å². The van der Waals surface area contributed by atoms with Crippen LogP contribution in [-0.2, 0) is 0 Å². The lowest BCUT2D eigenvalue weighted by Crippen LogP contribution is -2.35. The van der Waals surface area contributed by atoms with Crippen LogP contribution in [0.5, 0.6) is 0 Å². The molecule has 6 heteroatoms. The predicted molar refractivity (Wildman–Crippen MR) is 68.4 cm³/mol. The lowest BCUT2D eigenvalue weighted by atomic mass is 10.1. The van der Waals surface area contributed by atoms with Gasteiger partial charge in [0, 0.05) is 29.1 Å². The third-order valence-corrected chi connectivity index (χ3v) is 3.12. The number of carbonyl (C=O) groups excluding carboxylic acids is 1. The summed E-state index contributed by atoms with van der Waals surface area (Å²) >= 11 is 3.29. The third-order valence-electron chi connectivity index (χ3n) is 2.33. The lowest BCUT2D eigenvalue weighted by molar-refractivity contribution is -0.384. The van der Waals surface area contributed by atoms with E-state index >= 15 is 0 Å². The zero-order valence-corrected chi connectivity index (χ0v) is 10.9. The summed E-state index contributed by atoms with van der Waals surface area (Å²) in [5.41, 5.74) is 0.225. The van der Waals surface area contributed by atoms with Crippen molar-refractivity contribution in [3.63, 3.8) is 0 Å². The number of halogens is 1. The van der Waals surface area contributed by atoms with Crippen molar-refractivity contribution in [1.82, 2.24) is 5.32 Å². The minimum Gasteiger partial charge on any atom is -0.348 e. The first-order valence-electron chi connectivity index (χ1n) is 5.19. The molecule has 1 aromatic rings. The van der Waals surface area contributed by atoms with Gasteiger partial charge in [0.05, 0.1) is 4.92 Å². The Morgan fingerprint density at radius 3 is 2.82 bits per heavy atom. The van der Waals surface area contributed by atoms with Crippen LogP contribution in [0, 0.1) is 10.1 Å². The smallest absolute Gasteiger partial charge is 0.270 e. The molecule has 0 bridgehead atoms. The number of nitrogens with one attached hydrogen (secondary N) is 1. The molecule has 0 fully saturated rings. The molecule has 0 spiro atoms. The van der Waals surface area contributed by atoms with Crippen LogP contribution in [0.15, 0.2) is 24.3 Å². The molecule has 1 rings (SSSR count). The molecule has 5 nitrogen and oxygen atoms in total. The maximum Gasteiger partial charge on any atom is 0.270 e. The fraction of sp³-hybridized carbons (Fsp3) is 0.364. The molecule has 1 N–H and O–H groups in total. The summed E-state index contributed by atoms with van der Waals surface area (Å²) in [7, 11) is 0. The highest BCUT2D eigenvalue weighted by Crippen LogP contribution is 2.13. The van der Waals surface area contributed by atoms with Crippen LogP contribution >= 0.6 is 15.9 Å². The second-order valence-corrected chi connectivity index (χ2v) is 4.19. The highest BCUT2D eigenvalue weighted by Gasteiger charge is 2.14. The van der Waals surface area contributed by atoms with Crippen molar-refractivity contribution < 1.29 is 9.72 Å². The maximum absolute atomic E-state index is 11.8. The number of benzene rings is 1. The molecule has 0 heterocycles. The van der Waals surface area contributed by atoms with E-state index in [1.54, 1.807) is 6.07 Å². The van der Waals surface area contributed by atoms with Crippen molar-refractivity contribution in [2.75, 3.05) is 5.33 Å². The molecule has 1 amide bonds. The second kappa shape index (κ2) is 6.34. The molecular formula is C11H13BrN2O3. The standard InChI is InChI=1S/C11H13BrN2O3/c1-2-9(7-12)13-11(15)8-4-3-5-10(6-8)14(16)17/h3-6,9H,2,7H2,1H3,(H,13,15). The summed E-state index contributed by atoms with van der Waals surface area (Å²) in [5, 5.41) is 14.0. The van der Waals surface area contributed by atoms with E-state index < -0.39 is 4.92 Å². The normalized spacial score (nSPS) is 11.9. The quantitative estimate of drug-likeness (QED) is 0.516. The fourth-order valence-electron chi connectivity index (χ4n) is 1.28. The van der Waals surface area contributed by atoms with Crippen LogP contribution in [0.1, 0.15) is 23.7 Å². The van der Waals surface area contributed by atoms with Gasteiger partial charge in [-0.15, -0.1) is 0 Å². The van der Waals surface area contributed by atoms with Crippen LogP contribution in [0.4, 0.5) is 5.69 Å². The van der Waals surface area contributed by atoms with Gasteiger partial charge < -0.3 is 5.32 Å². The summed E-state index contributed by atoms with van der Waals surface area (Å²) in [6, 6.07) is 5.72. The van der Waals surface area contributed by atoms with Crippen molar-refractivity contribution in [2.45, 2.75) is 19.4 Å². The first-order valence-corrected chi connectivity index (χ1v) is 6.32. The number of alkyl halides is 1. The zero-order chi connectivity index (χ0) is 12.8. The van der Waals surface area contributed by atoms with E-state index in [1.165, 1.54) is 18.2 Å². The molecular weight excluding hydrogens is 288 g/mol. The average Bonchev–Trinajstić information content (AvgIpc) is 2.35. The maximum atomic E-state index is 11.8. The Labute approximate surface area is 107 Å². The molecule has 1 aromatic carbocycles. The molecule has 0 radical (unpaired) electrons. The lowest BCUT2D eigenvalue weighted by Gasteiger charge is -2.13. The van der Waals surface area contributed by atoms with Crippen LogP contribution in [-0.4, -0.2) is 22.2 Å². The van der Waals surface area contributed by atoms with Crippen molar-refractivity contribution in [1.29, 1.82) is 0 Å². The summed E-state index contributed by atoms with van der Waals surface area (Å²) in [4.78, 5) is 21.9. The molecule has 0 aromatic heterocycles. The van der Waals surface area contributed by atoms with Crippen molar-refractivity contribution >= 4 is 27.5 Å². The molecule has 17 heavy (non-hydrogen) atoms. The summed E-state index contributed by atoms with van der Waals surface area (Å²) in [5.74, 6) is -0.292. The Hall–Kier alpha value is -1.43.